The topological polar surface area (TPSA) is 30.8 Å². The van der Waals surface area contributed by atoms with E-state index in [0.29, 0.717) is 0 Å². The van der Waals surface area contributed by atoms with E-state index in [9.17, 15) is 0 Å². The largest absolute Gasteiger partial charge is 0.493 e. The van der Waals surface area contributed by atoms with Crippen LogP contribution in [0.1, 0.15) is 18.1 Å². The maximum Gasteiger partial charge on any atom is 0.160 e. The Morgan fingerprint density at radius 2 is 1.78 bits per heavy atom. The van der Waals surface area contributed by atoms with Gasteiger partial charge in [0.25, 0.3) is 0 Å². The van der Waals surface area contributed by atoms with E-state index in [1.807, 2.05) is 19.2 Å². The number of aliphatic imine (C=N–C) groups is 1. The Hall–Kier alpha value is -1.94. The van der Waals surface area contributed by atoms with Crippen molar-refractivity contribution in [2.75, 3.05) is 21.3 Å². The van der Waals surface area contributed by atoms with Crippen molar-refractivity contribution in [1.29, 1.82) is 0 Å². The van der Waals surface area contributed by atoms with Crippen molar-refractivity contribution in [1.82, 2.24) is 0 Å². The molecule has 0 atom stereocenters. The van der Waals surface area contributed by atoms with Crippen molar-refractivity contribution in [3.8, 4) is 11.5 Å². The summed E-state index contributed by atoms with van der Waals surface area (Å²) in [6.45, 7) is 2.17. The van der Waals surface area contributed by atoms with E-state index in [1.165, 1.54) is 10.5 Å². The maximum atomic E-state index is 5.37. The van der Waals surface area contributed by atoms with Gasteiger partial charge in [0, 0.05) is 18.4 Å². The molecule has 2 aromatic carbocycles. The van der Waals surface area contributed by atoms with Crippen LogP contribution >= 0.6 is 11.8 Å². The van der Waals surface area contributed by atoms with Gasteiger partial charge in [-0.2, -0.15) is 0 Å². The van der Waals surface area contributed by atoms with Crippen molar-refractivity contribution >= 4 is 16.8 Å². The zero-order valence-electron chi connectivity index (χ0n) is 14.1. The maximum absolute atomic E-state index is 5.37. The van der Waals surface area contributed by atoms with E-state index in [-0.39, 0.29) is 0 Å². The third-order valence-electron chi connectivity index (χ3n) is 3.60. The minimum Gasteiger partial charge on any atom is -0.493 e. The summed E-state index contributed by atoms with van der Waals surface area (Å²) in [5.41, 5.74) is 2.50. The molecule has 0 unspecified atom stereocenters. The number of rotatable bonds is 6. The molecule has 0 aliphatic heterocycles. The lowest BCUT2D eigenvalue weighted by molar-refractivity contribution is 0.354. The second-order valence-electron chi connectivity index (χ2n) is 5.09. The summed E-state index contributed by atoms with van der Waals surface area (Å²) in [6.07, 6.45) is 1.82. The Morgan fingerprint density at radius 1 is 1.00 bits per heavy atom. The van der Waals surface area contributed by atoms with Crippen LogP contribution in [0.4, 0.5) is 0 Å². The molecular formula is C19H23NO2S. The van der Waals surface area contributed by atoms with E-state index in [4.69, 9.17) is 9.47 Å². The first-order chi connectivity index (χ1) is 11.2. The fourth-order valence-electron chi connectivity index (χ4n) is 2.29. The SMILES string of the molecule is CCc1cccc(SC(Cc2ccc(OC)c(OC)c2)=NC)c1. The first kappa shape index (κ1) is 17.4. The van der Waals surface area contributed by atoms with E-state index < -0.39 is 0 Å². The van der Waals surface area contributed by atoms with Crippen LogP contribution in [0.3, 0.4) is 0 Å². The molecule has 0 aromatic heterocycles. The molecule has 122 valence electrons. The van der Waals surface area contributed by atoms with Gasteiger partial charge >= 0.3 is 0 Å². The Balaban J connectivity index is 2.13. The van der Waals surface area contributed by atoms with E-state index in [2.05, 4.69) is 42.2 Å². The predicted octanol–water partition coefficient (Wildman–Crippen LogP) is 4.63. The molecule has 0 fully saturated rings. The number of ether oxygens (including phenoxy) is 2. The van der Waals surface area contributed by atoms with Crippen LogP contribution in [-0.2, 0) is 12.8 Å². The third-order valence-corrected chi connectivity index (χ3v) is 4.65. The monoisotopic (exact) mass is 329 g/mol. The van der Waals surface area contributed by atoms with Crippen LogP contribution in [0.25, 0.3) is 0 Å². The van der Waals surface area contributed by atoms with Gasteiger partial charge in [-0.05, 0) is 41.8 Å². The van der Waals surface area contributed by atoms with Gasteiger partial charge in [0.15, 0.2) is 11.5 Å². The molecule has 0 heterocycles. The van der Waals surface area contributed by atoms with Crippen LogP contribution in [0.15, 0.2) is 52.4 Å². The molecule has 0 saturated carbocycles. The molecule has 0 radical (unpaired) electrons. The number of methoxy groups -OCH3 is 2. The molecule has 0 N–H and O–H groups in total. The van der Waals surface area contributed by atoms with E-state index in [0.717, 1.165) is 34.9 Å². The van der Waals surface area contributed by atoms with Crippen molar-refractivity contribution in [3.63, 3.8) is 0 Å². The second-order valence-corrected chi connectivity index (χ2v) is 6.23. The van der Waals surface area contributed by atoms with Gasteiger partial charge in [0.2, 0.25) is 0 Å². The second kappa shape index (κ2) is 8.63. The van der Waals surface area contributed by atoms with Crippen molar-refractivity contribution in [2.45, 2.75) is 24.7 Å². The van der Waals surface area contributed by atoms with Crippen LogP contribution in [-0.4, -0.2) is 26.3 Å². The van der Waals surface area contributed by atoms with Gasteiger partial charge < -0.3 is 9.47 Å². The summed E-state index contributed by atoms with van der Waals surface area (Å²) >= 11 is 1.71. The Kier molecular flexibility index (Phi) is 6.53. The highest BCUT2D eigenvalue weighted by Gasteiger charge is 2.08. The molecule has 0 bridgehead atoms. The Bertz CT molecular complexity index is 683. The molecule has 0 amide bonds. The van der Waals surface area contributed by atoms with E-state index >= 15 is 0 Å². The molecule has 0 aliphatic rings. The molecule has 23 heavy (non-hydrogen) atoms. The highest BCUT2D eigenvalue weighted by atomic mass is 32.2. The molecule has 3 nitrogen and oxygen atoms in total. The summed E-state index contributed by atoms with van der Waals surface area (Å²) in [5, 5.41) is 1.07. The molecule has 4 heteroatoms. The normalized spacial score (nSPS) is 11.4. The molecule has 0 spiro atoms. The summed E-state index contributed by atoms with van der Waals surface area (Å²) in [6, 6.07) is 14.6. The number of benzene rings is 2. The van der Waals surface area contributed by atoms with Crippen LogP contribution in [0, 0.1) is 0 Å². The number of nitrogens with zero attached hydrogens (tertiary/aromatic N) is 1. The molecule has 0 saturated heterocycles. The fourth-order valence-corrected chi connectivity index (χ4v) is 3.25. The minimum absolute atomic E-state index is 0.745. The average Bonchev–Trinajstić information content (AvgIpc) is 2.61. The third kappa shape index (κ3) is 4.76. The molecular weight excluding hydrogens is 306 g/mol. The Morgan fingerprint density at radius 3 is 2.43 bits per heavy atom. The minimum atomic E-state index is 0.745. The first-order valence-corrected chi connectivity index (χ1v) is 8.45. The summed E-state index contributed by atoms with van der Waals surface area (Å²) in [4.78, 5) is 5.67. The van der Waals surface area contributed by atoms with Gasteiger partial charge in [-0.1, -0.05) is 36.9 Å². The quantitative estimate of drug-likeness (QED) is 0.440. The number of aryl methyl sites for hydroxylation is 1. The number of hydrogen-bond donors (Lipinski definition) is 0. The average molecular weight is 329 g/mol. The predicted molar refractivity (Wildman–Crippen MR) is 98.3 cm³/mol. The molecule has 2 rings (SSSR count). The highest BCUT2D eigenvalue weighted by Crippen LogP contribution is 2.29. The smallest absolute Gasteiger partial charge is 0.160 e. The van der Waals surface area contributed by atoms with E-state index in [1.54, 1.807) is 26.0 Å². The molecule has 2 aromatic rings. The fraction of sp³-hybridized carbons (Fsp3) is 0.316. The van der Waals surface area contributed by atoms with Crippen molar-refractivity contribution < 1.29 is 9.47 Å². The zero-order chi connectivity index (χ0) is 16.7. The number of thioether (sulfide) groups is 1. The number of hydrogen-bond acceptors (Lipinski definition) is 4. The van der Waals surface area contributed by atoms with Gasteiger partial charge in [-0.15, -0.1) is 0 Å². The van der Waals surface area contributed by atoms with Gasteiger partial charge in [-0.3, -0.25) is 4.99 Å². The van der Waals surface area contributed by atoms with Crippen LogP contribution in [0.2, 0.25) is 0 Å². The lowest BCUT2D eigenvalue weighted by Crippen LogP contribution is -2.00. The summed E-state index contributed by atoms with van der Waals surface area (Å²) < 4.78 is 10.7. The Labute approximate surface area is 142 Å². The van der Waals surface area contributed by atoms with Crippen molar-refractivity contribution in [2.24, 2.45) is 4.99 Å². The molecule has 0 aliphatic carbocycles. The standard InChI is InChI=1S/C19H23NO2S/c1-5-14-7-6-8-16(11-14)23-19(20-2)13-15-9-10-17(21-3)18(12-15)22-4/h6-12H,5,13H2,1-4H3. The van der Waals surface area contributed by atoms with Crippen molar-refractivity contribution in [3.05, 3.63) is 53.6 Å². The van der Waals surface area contributed by atoms with Gasteiger partial charge in [-0.25, -0.2) is 0 Å². The summed E-state index contributed by atoms with van der Waals surface area (Å²) in [7, 11) is 5.14. The summed E-state index contributed by atoms with van der Waals surface area (Å²) in [5.74, 6) is 1.49. The van der Waals surface area contributed by atoms with Crippen LogP contribution in [0.5, 0.6) is 11.5 Å². The van der Waals surface area contributed by atoms with Gasteiger partial charge in [0.1, 0.15) is 0 Å². The van der Waals surface area contributed by atoms with Crippen LogP contribution < -0.4 is 9.47 Å². The van der Waals surface area contributed by atoms with Gasteiger partial charge in [0.05, 0.1) is 19.3 Å². The zero-order valence-corrected chi connectivity index (χ0v) is 14.9. The first-order valence-electron chi connectivity index (χ1n) is 7.63. The lowest BCUT2D eigenvalue weighted by Gasteiger charge is -2.11. The highest BCUT2D eigenvalue weighted by molar-refractivity contribution is 8.14. The lowest BCUT2D eigenvalue weighted by atomic mass is 10.1.